The number of carbonyl (C=O) groups excluding carboxylic acids is 1. The van der Waals surface area contributed by atoms with Crippen LogP contribution in [-0.2, 0) is 4.79 Å². The number of amides is 1. The van der Waals surface area contributed by atoms with Gasteiger partial charge in [0.15, 0.2) is 0 Å². The molecule has 5 heteroatoms. The molecular formula is C14H22N2O3. The molecule has 5 nitrogen and oxygen atoms in total. The molecule has 4 N–H and O–H groups in total. The highest BCUT2D eigenvalue weighted by molar-refractivity contribution is 5.77. The van der Waals surface area contributed by atoms with Gasteiger partial charge in [-0.1, -0.05) is 13.8 Å². The number of benzene rings is 1. The van der Waals surface area contributed by atoms with Crippen LogP contribution in [0.5, 0.6) is 11.5 Å². The molecule has 0 saturated carbocycles. The molecular weight excluding hydrogens is 244 g/mol. The molecule has 1 rings (SSSR count). The van der Waals surface area contributed by atoms with E-state index in [0.717, 1.165) is 0 Å². The largest absolute Gasteiger partial charge is 0.508 e. The lowest BCUT2D eigenvalue weighted by molar-refractivity contribution is -0.123. The Balaban J connectivity index is 2.41. The number of nitrogens with one attached hydrogen (secondary N) is 2. The van der Waals surface area contributed by atoms with Crippen LogP contribution in [0.1, 0.15) is 32.4 Å². The maximum Gasteiger partial charge on any atom is 0.222 e. The molecule has 0 saturated heterocycles. The quantitative estimate of drug-likeness (QED) is 0.465. The van der Waals surface area contributed by atoms with Crippen molar-refractivity contribution in [1.29, 1.82) is 0 Å². The average molecular weight is 266 g/mol. The molecule has 106 valence electrons. The number of hydrogen-bond donors (Lipinski definition) is 4. The number of rotatable bonds is 6. The second-order valence-corrected chi connectivity index (χ2v) is 4.86. The van der Waals surface area contributed by atoms with Gasteiger partial charge in [0.1, 0.15) is 11.5 Å². The minimum Gasteiger partial charge on any atom is -0.508 e. The maximum atomic E-state index is 11.3. The predicted octanol–water partition coefficient (Wildman–Crippen LogP) is 1.52. The first-order valence-corrected chi connectivity index (χ1v) is 6.44. The van der Waals surface area contributed by atoms with Crippen LogP contribution in [0.3, 0.4) is 0 Å². The molecule has 1 unspecified atom stereocenters. The third-order valence-electron chi connectivity index (χ3n) is 2.88. The van der Waals surface area contributed by atoms with E-state index in [1.165, 1.54) is 18.2 Å². The lowest BCUT2D eigenvalue weighted by Gasteiger charge is -2.16. The summed E-state index contributed by atoms with van der Waals surface area (Å²) in [5, 5.41) is 25.1. The van der Waals surface area contributed by atoms with Crippen molar-refractivity contribution in [1.82, 2.24) is 10.6 Å². The highest BCUT2D eigenvalue weighted by Crippen LogP contribution is 2.27. The second-order valence-electron chi connectivity index (χ2n) is 4.86. The Hall–Kier alpha value is -1.75. The monoisotopic (exact) mass is 266 g/mol. The summed E-state index contributed by atoms with van der Waals surface area (Å²) in [5.74, 6) is 0.265. The van der Waals surface area contributed by atoms with Crippen molar-refractivity contribution in [3.8, 4) is 11.5 Å². The second kappa shape index (κ2) is 6.99. The first kappa shape index (κ1) is 15.3. The molecule has 0 aliphatic carbocycles. The Morgan fingerprint density at radius 1 is 1.21 bits per heavy atom. The fourth-order valence-corrected chi connectivity index (χ4v) is 1.68. The lowest BCUT2D eigenvalue weighted by Crippen LogP contribution is -2.35. The van der Waals surface area contributed by atoms with Crippen LogP contribution in [0.25, 0.3) is 0 Å². The van der Waals surface area contributed by atoms with E-state index in [9.17, 15) is 15.0 Å². The Kier molecular flexibility index (Phi) is 5.63. The summed E-state index contributed by atoms with van der Waals surface area (Å²) in [6, 6.07) is 4.32. The number of aromatic hydroxyl groups is 2. The van der Waals surface area contributed by atoms with Gasteiger partial charge in [0, 0.05) is 30.6 Å². The molecule has 1 aromatic carbocycles. The van der Waals surface area contributed by atoms with Crippen LogP contribution in [0, 0.1) is 5.92 Å². The minimum atomic E-state index is -0.108. The van der Waals surface area contributed by atoms with Crippen molar-refractivity contribution in [3.05, 3.63) is 23.8 Å². The van der Waals surface area contributed by atoms with E-state index in [0.29, 0.717) is 18.7 Å². The average Bonchev–Trinajstić information content (AvgIpc) is 2.36. The first-order chi connectivity index (χ1) is 8.91. The molecule has 0 aromatic heterocycles. The summed E-state index contributed by atoms with van der Waals surface area (Å²) in [6.07, 6.45) is 0. The number of carbonyl (C=O) groups is 1. The van der Waals surface area contributed by atoms with Gasteiger partial charge in [0.25, 0.3) is 0 Å². The van der Waals surface area contributed by atoms with Crippen LogP contribution < -0.4 is 10.6 Å². The van der Waals surface area contributed by atoms with Crippen molar-refractivity contribution in [2.24, 2.45) is 5.92 Å². The number of phenols is 2. The summed E-state index contributed by atoms with van der Waals surface area (Å²) >= 11 is 0. The molecule has 0 aliphatic rings. The SMILES string of the molecule is CC(C)C(=O)NCCNC(C)c1cc(O)ccc1O. The molecule has 0 fully saturated rings. The molecule has 1 aromatic rings. The van der Waals surface area contributed by atoms with E-state index in [1.54, 1.807) is 0 Å². The van der Waals surface area contributed by atoms with E-state index >= 15 is 0 Å². The summed E-state index contributed by atoms with van der Waals surface area (Å²) in [4.78, 5) is 11.3. The van der Waals surface area contributed by atoms with Crippen molar-refractivity contribution < 1.29 is 15.0 Å². The van der Waals surface area contributed by atoms with Gasteiger partial charge in [-0.15, -0.1) is 0 Å². The predicted molar refractivity (Wildman–Crippen MR) is 74.0 cm³/mol. The van der Waals surface area contributed by atoms with Gasteiger partial charge in [0.2, 0.25) is 5.91 Å². The van der Waals surface area contributed by atoms with Crippen LogP contribution in [0.4, 0.5) is 0 Å². The van der Waals surface area contributed by atoms with E-state index < -0.39 is 0 Å². The van der Waals surface area contributed by atoms with Crippen molar-refractivity contribution in [2.45, 2.75) is 26.8 Å². The van der Waals surface area contributed by atoms with Crippen LogP contribution in [0.15, 0.2) is 18.2 Å². The van der Waals surface area contributed by atoms with E-state index in [4.69, 9.17) is 0 Å². The third kappa shape index (κ3) is 4.79. The Morgan fingerprint density at radius 2 is 1.89 bits per heavy atom. The number of hydrogen-bond acceptors (Lipinski definition) is 4. The highest BCUT2D eigenvalue weighted by atomic mass is 16.3. The Labute approximate surface area is 113 Å². The van der Waals surface area contributed by atoms with Gasteiger partial charge in [-0.05, 0) is 25.1 Å². The number of phenolic OH excluding ortho intramolecular Hbond substituents is 2. The van der Waals surface area contributed by atoms with E-state index in [1.807, 2.05) is 20.8 Å². The summed E-state index contributed by atoms with van der Waals surface area (Å²) in [7, 11) is 0. The fraction of sp³-hybridized carbons (Fsp3) is 0.500. The normalized spacial score (nSPS) is 12.4. The van der Waals surface area contributed by atoms with Gasteiger partial charge < -0.3 is 20.8 Å². The standard InChI is InChI=1S/C14H22N2O3/c1-9(2)14(19)16-7-6-15-10(3)12-8-11(17)4-5-13(12)18/h4-5,8-10,15,17-18H,6-7H2,1-3H3,(H,16,19). The van der Waals surface area contributed by atoms with E-state index in [2.05, 4.69) is 10.6 Å². The van der Waals surface area contributed by atoms with Crippen LogP contribution in [0.2, 0.25) is 0 Å². The van der Waals surface area contributed by atoms with Crippen molar-refractivity contribution in [3.63, 3.8) is 0 Å². The van der Waals surface area contributed by atoms with Gasteiger partial charge in [0.05, 0.1) is 0 Å². The van der Waals surface area contributed by atoms with Gasteiger partial charge in [-0.25, -0.2) is 0 Å². The Bertz CT molecular complexity index is 433. The van der Waals surface area contributed by atoms with Gasteiger partial charge in [-0.2, -0.15) is 0 Å². The van der Waals surface area contributed by atoms with Crippen LogP contribution >= 0.6 is 0 Å². The fourth-order valence-electron chi connectivity index (χ4n) is 1.68. The maximum absolute atomic E-state index is 11.3. The molecule has 0 radical (unpaired) electrons. The zero-order valence-electron chi connectivity index (χ0n) is 11.6. The minimum absolute atomic E-state index is 0.0208. The van der Waals surface area contributed by atoms with E-state index in [-0.39, 0.29) is 29.4 Å². The van der Waals surface area contributed by atoms with Crippen LogP contribution in [-0.4, -0.2) is 29.2 Å². The van der Waals surface area contributed by atoms with Crippen molar-refractivity contribution in [2.75, 3.05) is 13.1 Å². The summed E-state index contributed by atoms with van der Waals surface area (Å²) in [6.45, 7) is 6.70. The molecule has 1 amide bonds. The highest BCUT2D eigenvalue weighted by Gasteiger charge is 2.11. The van der Waals surface area contributed by atoms with Crippen molar-refractivity contribution >= 4 is 5.91 Å². The smallest absolute Gasteiger partial charge is 0.222 e. The molecule has 0 heterocycles. The molecule has 0 bridgehead atoms. The molecule has 0 spiro atoms. The Morgan fingerprint density at radius 3 is 2.53 bits per heavy atom. The summed E-state index contributed by atoms with van der Waals surface area (Å²) < 4.78 is 0. The topological polar surface area (TPSA) is 81.6 Å². The molecule has 19 heavy (non-hydrogen) atoms. The zero-order valence-corrected chi connectivity index (χ0v) is 11.6. The summed E-state index contributed by atoms with van der Waals surface area (Å²) in [5.41, 5.74) is 0.634. The first-order valence-electron chi connectivity index (χ1n) is 6.44. The molecule has 0 aliphatic heterocycles. The van der Waals surface area contributed by atoms with Gasteiger partial charge >= 0.3 is 0 Å². The molecule has 1 atom stereocenters. The lowest BCUT2D eigenvalue weighted by atomic mass is 10.1. The van der Waals surface area contributed by atoms with Gasteiger partial charge in [-0.3, -0.25) is 4.79 Å². The third-order valence-corrected chi connectivity index (χ3v) is 2.88. The zero-order chi connectivity index (χ0) is 14.4.